The van der Waals surface area contributed by atoms with E-state index in [9.17, 15) is 4.79 Å². The fourth-order valence-corrected chi connectivity index (χ4v) is 2.06. The molecule has 3 nitrogen and oxygen atoms in total. The number of nitrogens with one attached hydrogen (secondary N) is 1. The first-order valence-corrected chi connectivity index (χ1v) is 7.11. The van der Waals surface area contributed by atoms with Gasteiger partial charge in [-0.05, 0) is 30.5 Å². The third-order valence-corrected chi connectivity index (χ3v) is 3.24. The van der Waals surface area contributed by atoms with Gasteiger partial charge in [-0.25, -0.2) is 0 Å². The normalized spacial score (nSPS) is 12.3. The van der Waals surface area contributed by atoms with E-state index >= 15 is 0 Å². The summed E-state index contributed by atoms with van der Waals surface area (Å²) in [7, 11) is 0. The molecule has 0 heterocycles. The predicted molar refractivity (Wildman–Crippen MR) is 78.8 cm³/mol. The Hall–Kier alpha value is -1.22. The summed E-state index contributed by atoms with van der Waals surface area (Å²) >= 11 is 5.81. The zero-order chi connectivity index (χ0) is 14.3. The SMILES string of the molecule is Cc1cccc(OCCC(=O)NC(CCl)C(C)C)c1. The Bertz CT molecular complexity index is 407. The average molecular weight is 284 g/mol. The third kappa shape index (κ3) is 5.97. The van der Waals surface area contributed by atoms with Crippen molar-refractivity contribution in [2.24, 2.45) is 5.92 Å². The van der Waals surface area contributed by atoms with E-state index < -0.39 is 0 Å². The second-order valence-electron chi connectivity index (χ2n) is 4.99. The number of alkyl halides is 1. The van der Waals surface area contributed by atoms with Crippen LogP contribution in [0.2, 0.25) is 0 Å². The number of hydrogen-bond donors (Lipinski definition) is 1. The summed E-state index contributed by atoms with van der Waals surface area (Å²) in [5.41, 5.74) is 1.14. The molecule has 1 unspecified atom stereocenters. The van der Waals surface area contributed by atoms with Gasteiger partial charge in [0.25, 0.3) is 0 Å². The summed E-state index contributed by atoms with van der Waals surface area (Å²) in [6, 6.07) is 7.81. The minimum atomic E-state index is -0.0213. The van der Waals surface area contributed by atoms with E-state index in [4.69, 9.17) is 16.3 Å². The fraction of sp³-hybridized carbons (Fsp3) is 0.533. The Kier molecular flexibility index (Phi) is 6.71. The predicted octanol–water partition coefficient (Wildman–Crippen LogP) is 3.14. The van der Waals surface area contributed by atoms with E-state index in [-0.39, 0.29) is 11.9 Å². The highest BCUT2D eigenvalue weighted by atomic mass is 35.5. The van der Waals surface area contributed by atoms with Crippen molar-refractivity contribution in [3.05, 3.63) is 29.8 Å². The van der Waals surface area contributed by atoms with Crippen molar-refractivity contribution in [3.8, 4) is 5.75 Å². The second kappa shape index (κ2) is 8.05. The Morgan fingerprint density at radius 1 is 1.42 bits per heavy atom. The molecule has 0 aromatic heterocycles. The van der Waals surface area contributed by atoms with Crippen molar-refractivity contribution in [2.45, 2.75) is 33.2 Å². The molecule has 0 aliphatic carbocycles. The van der Waals surface area contributed by atoms with Crippen molar-refractivity contribution in [1.82, 2.24) is 5.32 Å². The van der Waals surface area contributed by atoms with Gasteiger partial charge in [0.15, 0.2) is 0 Å². The van der Waals surface area contributed by atoms with Gasteiger partial charge >= 0.3 is 0 Å². The maximum Gasteiger partial charge on any atom is 0.223 e. The van der Waals surface area contributed by atoms with Gasteiger partial charge in [-0.15, -0.1) is 11.6 Å². The number of aryl methyl sites for hydroxylation is 1. The van der Waals surface area contributed by atoms with Gasteiger partial charge in [0, 0.05) is 11.9 Å². The summed E-state index contributed by atoms with van der Waals surface area (Å²) < 4.78 is 5.54. The largest absolute Gasteiger partial charge is 0.493 e. The number of carbonyl (C=O) groups is 1. The summed E-state index contributed by atoms with van der Waals surface area (Å²) in [4.78, 5) is 11.7. The van der Waals surface area contributed by atoms with Crippen LogP contribution in [0.3, 0.4) is 0 Å². The Labute approximate surface area is 120 Å². The monoisotopic (exact) mass is 283 g/mol. The topological polar surface area (TPSA) is 38.3 Å². The van der Waals surface area contributed by atoms with Crippen LogP contribution in [0.1, 0.15) is 25.8 Å². The lowest BCUT2D eigenvalue weighted by Crippen LogP contribution is -2.40. The van der Waals surface area contributed by atoms with Gasteiger partial charge in [-0.2, -0.15) is 0 Å². The zero-order valence-corrected chi connectivity index (χ0v) is 12.5. The molecule has 0 aliphatic rings. The molecule has 19 heavy (non-hydrogen) atoms. The van der Waals surface area contributed by atoms with Crippen LogP contribution in [0.15, 0.2) is 24.3 Å². The maximum atomic E-state index is 11.7. The van der Waals surface area contributed by atoms with Gasteiger partial charge in [-0.1, -0.05) is 26.0 Å². The first-order chi connectivity index (χ1) is 9.02. The third-order valence-electron chi connectivity index (χ3n) is 2.90. The van der Waals surface area contributed by atoms with Crippen LogP contribution >= 0.6 is 11.6 Å². The Balaban J connectivity index is 2.31. The molecule has 0 aliphatic heterocycles. The van der Waals surface area contributed by atoms with Crippen LogP contribution in [-0.4, -0.2) is 24.4 Å². The molecule has 0 spiro atoms. The van der Waals surface area contributed by atoms with Gasteiger partial charge in [0.05, 0.1) is 13.0 Å². The molecule has 0 radical (unpaired) electrons. The molecule has 1 aromatic carbocycles. The lowest BCUT2D eigenvalue weighted by atomic mass is 10.1. The number of halogens is 1. The first-order valence-electron chi connectivity index (χ1n) is 6.57. The maximum absolute atomic E-state index is 11.7. The minimum Gasteiger partial charge on any atom is -0.493 e. The standard InChI is InChI=1S/C15H22ClNO2/c1-11(2)14(10-16)17-15(18)7-8-19-13-6-4-5-12(3)9-13/h4-6,9,11,14H,7-8,10H2,1-3H3,(H,17,18). The molecule has 0 bridgehead atoms. The van der Waals surface area contributed by atoms with E-state index in [0.717, 1.165) is 11.3 Å². The summed E-state index contributed by atoms with van der Waals surface area (Å²) in [6.07, 6.45) is 0.341. The highest BCUT2D eigenvalue weighted by Crippen LogP contribution is 2.12. The summed E-state index contributed by atoms with van der Waals surface area (Å²) in [5.74, 6) is 1.54. The van der Waals surface area contributed by atoms with E-state index in [2.05, 4.69) is 5.32 Å². The van der Waals surface area contributed by atoms with Gasteiger partial charge in [-0.3, -0.25) is 4.79 Å². The van der Waals surface area contributed by atoms with E-state index in [0.29, 0.717) is 24.8 Å². The molecule has 0 saturated carbocycles. The molecular formula is C15H22ClNO2. The summed E-state index contributed by atoms with van der Waals surface area (Å²) in [6.45, 7) is 6.46. The average Bonchev–Trinajstić information content (AvgIpc) is 2.35. The number of amides is 1. The molecule has 4 heteroatoms. The van der Waals surface area contributed by atoms with E-state index in [1.807, 2.05) is 45.0 Å². The fourth-order valence-electron chi connectivity index (χ4n) is 1.63. The number of rotatable bonds is 7. The van der Waals surface area contributed by atoms with Crippen molar-refractivity contribution >= 4 is 17.5 Å². The summed E-state index contributed by atoms with van der Waals surface area (Å²) in [5, 5.41) is 2.91. The Morgan fingerprint density at radius 2 is 2.16 bits per heavy atom. The van der Waals surface area contributed by atoms with Crippen LogP contribution in [0.4, 0.5) is 0 Å². The van der Waals surface area contributed by atoms with Crippen LogP contribution < -0.4 is 10.1 Å². The van der Waals surface area contributed by atoms with Gasteiger partial charge in [0.2, 0.25) is 5.91 Å². The zero-order valence-electron chi connectivity index (χ0n) is 11.8. The quantitative estimate of drug-likeness (QED) is 0.781. The highest BCUT2D eigenvalue weighted by Gasteiger charge is 2.14. The minimum absolute atomic E-state index is 0.0213. The molecule has 0 fully saturated rings. The second-order valence-corrected chi connectivity index (χ2v) is 5.30. The van der Waals surface area contributed by atoms with Crippen molar-refractivity contribution in [3.63, 3.8) is 0 Å². The number of benzene rings is 1. The molecule has 0 saturated heterocycles. The van der Waals surface area contributed by atoms with Crippen molar-refractivity contribution < 1.29 is 9.53 Å². The molecule has 1 N–H and O–H groups in total. The lowest BCUT2D eigenvalue weighted by Gasteiger charge is -2.19. The molecular weight excluding hydrogens is 262 g/mol. The molecule has 1 aromatic rings. The van der Waals surface area contributed by atoms with Gasteiger partial charge < -0.3 is 10.1 Å². The van der Waals surface area contributed by atoms with E-state index in [1.165, 1.54) is 0 Å². The smallest absolute Gasteiger partial charge is 0.223 e. The molecule has 1 rings (SSSR count). The number of carbonyl (C=O) groups excluding carboxylic acids is 1. The van der Waals surface area contributed by atoms with Gasteiger partial charge in [0.1, 0.15) is 5.75 Å². The lowest BCUT2D eigenvalue weighted by molar-refractivity contribution is -0.122. The van der Waals surface area contributed by atoms with Crippen LogP contribution in [0.5, 0.6) is 5.75 Å². The molecule has 106 valence electrons. The molecule has 1 amide bonds. The van der Waals surface area contributed by atoms with Crippen LogP contribution in [0, 0.1) is 12.8 Å². The van der Waals surface area contributed by atoms with Crippen LogP contribution in [0.25, 0.3) is 0 Å². The first kappa shape index (κ1) is 15.8. The highest BCUT2D eigenvalue weighted by molar-refractivity contribution is 6.18. The van der Waals surface area contributed by atoms with E-state index in [1.54, 1.807) is 0 Å². The van der Waals surface area contributed by atoms with Crippen molar-refractivity contribution in [2.75, 3.05) is 12.5 Å². The van der Waals surface area contributed by atoms with Crippen LogP contribution in [-0.2, 0) is 4.79 Å². The Morgan fingerprint density at radius 3 is 2.74 bits per heavy atom. The number of ether oxygens (including phenoxy) is 1. The molecule has 1 atom stereocenters. The number of hydrogen-bond acceptors (Lipinski definition) is 2. The van der Waals surface area contributed by atoms with Crippen molar-refractivity contribution in [1.29, 1.82) is 0 Å².